The summed E-state index contributed by atoms with van der Waals surface area (Å²) in [4.78, 5) is 14.7. The van der Waals surface area contributed by atoms with Gasteiger partial charge in [-0.05, 0) is 37.2 Å². The second kappa shape index (κ2) is 10.5. The Balaban J connectivity index is 1.92. The van der Waals surface area contributed by atoms with E-state index < -0.39 is 0 Å². The minimum Gasteiger partial charge on any atom is -0.338 e. The Kier molecular flexibility index (Phi) is 7.99. The zero-order chi connectivity index (χ0) is 17.9. The Hall–Kier alpha value is -2.33. The van der Waals surface area contributed by atoms with Crippen LogP contribution in [-0.2, 0) is 0 Å². The average molecular weight is 339 g/mol. The second-order valence-electron chi connectivity index (χ2n) is 6.04. The van der Waals surface area contributed by atoms with E-state index >= 15 is 0 Å². The van der Waals surface area contributed by atoms with Crippen LogP contribution in [0, 0.1) is 0 Å². The highest BCUT2D eigenvalue weighted by Gasteiger charge is 2.16. The van der Waals surface area contributed by atoms with E-state index in [0.717, 1.165) is 37.2 Å². The summed E-state index contributed by atoms with van der Waals surface area (Å²) in [5.74, 6) is 0. The molecule has 4 nitrogen and oxygen atoms in total. The van der Waals surface area contributed by atoms with Crippen molar-refractivity contribution in [2.75, 3.05) is 26.2 Å². The van der Waals surface area contributed by atoms with Crippen LogP contribution in [0.15, 0.2) is 60.7 Å². The first-order valence-corrected chi connectivity index (χ1v) is 9.11. The van der Waals surface area contributed by atoms with Gasteiger partial charge in [-0.3, -0.25) is 0 Å². The lowest BCUT2D eigenvalue weighted by Gasteiger charge is -2.21. The van der Waals surface area contributed by atoms with E-state index in [1.807, 2.05) is 60.7 Å². The van der Waals surface area contributed by atoms with E-state index in [2.05, 4.69) is 29.4 Å². The van der Waals surface area contributed by atoms with Gasteiger partial charge in [0.05, 0.1) is 6.04 Å². The summed E-state index contributed by atoms with van der Waals surface area (Å²) < 4.78 is 0. The van der Waals surface area contributed by atoms with Gasteiger partial charge in [-0.1, -0.05) is 74.5 Å². The fraction of sp³-hybridized carbons (Fsp3) is 0.381. The Labute approximate surface area is 151 Å². The molecule has 0 aliphatic rings. The number of carbonyl (C=O) groups excluding carboxylic acids is 1. The van der Waals surface area contributed by atoms with Gasteiger partial charge in [-0.15, -0.1) is 0 Å². The largest absolute Gasteiger partial charge is 0.338 e. The molecular formula is C21H29N3O. The van der Waals surface area contributed by atoms with Gasteiger partial charge in [0.15, 0.2) is 0 Å². The predicted molar refractivity (Wildman–Crippen MR) is 104 cm³/mol. The summed E-state index contributed by atoms with van der Waals surface area (Å²) in [5, 5.41) is 6.08. The third-order valence-electron chi connectivity index (χ3n) is 4.37. The maximum Gasteiger partial charge on any atom is 0.315 e. The molecule has 4 heteroatoms. The molecule has 0 aliphatic heterocycles. The number of hydrogen-bond acceptors (Lipinski definition) is 2. The summed E-state index contributed by atoms with van der Waals surface area (Å²) in [5.41, 5.74) is 2.15. The predicted octanol–water partition coefficient (Wildman–Crippen LogP) is 3.81. The van der Waals surface area contributed by atoms with E-state index in [1.54, 1.807) is 0 Å². The summed E-state index contributed by atoms with van der Waals surface area (Å²) >= 11 is 0. The molecule has 2 aromatic rings. The van der Waals surface area contributed by atoms with Crippen LogP contribution in [0.5, 0.6) is 0 Å². The van der Waals surface area contributed by atoms with Crippen molar-refractivity contribution in [3.8, 4) is 0 Å². The van der Waals surface area contributed by atoms with Gasteiger partial charge in [0.1, 0.15) is 0 Å². The van der Waals surface area contributed by atoms with Gasteiger partial charge in [0.2, 0.25) is 0 Å². The van der Waals surface area contributed by atoms with Crippen molar-refractivity contribution in [2.45, 2.75) is 26.3 Å². The summed E-state index contributed by atoms with van der Waals surface area (Å²) in [6.07, 6.45) is 0.955. The molecule has 0 fully saturated rings. The molecule has 2 N–H and O–H groups in total. The molecule has 0 saturated carbocycles. The van der Waals surface area contributed by atoms with E-state index in [4.69, 9.17) is 0 Å². The molecule has 2 amide bonds. The van der Waals surface area contributed by atoms with Crippen molar-refractivity contribution in [3.05, 3.63) is 71.8 Å². The minimum atomic E-state index is -0.148. The molecule has 0 bridgehead atoms. The van der Waals surface area contributed by atoms with Crippen molar-refractivity contribution in [1.82, 2.24) is 15.5 Å². The molecule has 0 spiro atoms. The summed E-state index contributed by atoms with van der Waals surface area (Å²) in [7, 11) is 0. The number of hydrogen-bond donors (Lipinski definition) is 2. The lowest BCUT2D eigenvalue weighted by molar-refractivity contribution is 0.237. The molecule has 2 rings (SSSR count). The Bertz CT molecular complexity index is 572. The topological polar surface area (TPSA) is 44.4 Å². The first kappa shape index (κ1) is 19.0. The lowest BCUT2D eigenvalue weighted by Crippen LogP contribution is -2.39. The molecule has 0 unspecified atom stereocenters. The zero-order valence-corrected chi connectivity index (χ0v) is 15.2. The first-order chi connectivity index (χ1) is 12.2. The Morgan fingerprint density at radius 3 is 1.92 bits per heavy atom. The van der Waals surface area contributed by atoms with Gasteiger partial charge < -0.3 is 15.5 Å². The van der Waals surface area contributed by atoms with Crippen molar-refractivity contribution in [3.63, 3.8) is 0 Å². The molecule has 0 aromatic heterocycles. The summed E-state index contributed by atoms with van der Waals surface area (Å²) in [6, 6.07) is 19.8. The van der Waals surface area contributed by atoms with Crippen molar-refractivity contribution in [2.24, 2.45) is 0 Å². The average Bonchev–Trinajstić information content (AvgIpc) is 2.67. The van der Waals surface area contributed by atoms with Crippen LogP contribution < -0.4 is 10.6 Å². The molecule has 0 aliphatic carbocycles. The number of urea groups is 1. The number of benzene rings is 2. The maximum absolute atomic E-state index is 12.3. The highest BCUT2D eigenvalue weighted by molar-refractivity contribution is 5.75. The quantitative estimate of drug-likeness (QED) is 0.682. The molecule has 2 aromatic carbocycles. The third-order valence-corrected chi connectivity index (χ3v) is 4.37. The van der Waals surface area contributed by atoms with Crippen molar-refractivity contribution >= 4 is 6.03 Å². The smallest absolute Gasteiger partial charge is 0.315 e. The van der Waals surface area contributed by atoms with E-state index in [-0.39, 0.29) is 12.1 Å². The Morgan fingerprint density at radius 1 is 0.920 bits per heavy atom. The number of carbonyl (C=O) groups is 1. The normalized spacial score (nSPS) is 10.9. The lowest BCUT2D eigenvalue weighted by atomic mass is 9.99. The third kappa shape index (κ3) is 6.24. The fourth-order valence-corrected chi connectivity index (χ4v) is 2.88. The summed E-state index contributed by atoms with van der Waals surface area (Å²) in [6.45, 7) is 8.11. The molecule has 0 radical (unpaired) electrons. The van der Waals surface area contributed by atoms with Gasteiger partial charge in [-0.25, -0.2) is 4.79 Å². The highest BCUT2D eigenvalue weighted by atomic mass is 16.2. The molecule has 0 heterocycles. The van der Waals surface area contributed by atoms with Crippen LogP contribution >= 0.6 is 0 Å². The van der Waals surface area contributed by atoms with Crippen LogP contribution in [0.4, 0.5) is 4.79 Å². The van der Waals surface area contributed by atoms with Gasteiger partial charge in [-0.2, -0.15) is 0 Å². The van der Waals surface area contributed by atoms with E-state index in [1.165, 1.54) is 0 Å². The van der Waals surface area contributed by atoms with Gasteiger partial charge in [0.25, 0.3) is 0 Å². The molecule has 0 saturated heterocycles. The van der Waals surface area contributed by atoms with Crippen LogP contribution in [0.2, 0.25) is 0 Å². The molecule has 0 atom stereocenters. The van der Waals surface area contributed by atoms with Crippen LogP contribution in [-0.4, -0.2) is 37.1 Å². The zero-order valence-electron chi connectivity index (χ0n) is 15.2. The molecular weight excluding hydrogens is 310 g/mol. The molecule has 134 valence electrons. The minimum absolute atomic E-state index is 0.128. The number of rotatable bonds is 9. The van der Waals surface area contributed by atoms with Gasteiger partial charge in [0, 0.05) is 6.54 Å². The number of nitrogens with one attached hydrogen (secondary N) is 2. The maximum atomic E-state index is 12.3. The number of amides is 2. The van der Waals surface area contributed by atoms with Crippen LogP contribution in [0.25, 0.3) is 0 Å². The van der Waals surface area contributed by atoms with E-state index in [9.17, 15) is 4.79 Å². The van der Waals surface area contributed by atoms with Crippen molar-refractivity contribution < 1.29 is 4.79 Å². The second-order valence-corrected chi connectivity index (χ2v) is 6.04. The standard InChI is InChI=1S/C21H29N3O/c1-3-24(4-2)17-11-16-22-21(25)23-20(18-12-7-5-8-13-18)19-14-9-6-10-15-19/h5-10,12-15,20H,3-4,11,16-17H2,1-2H3,(H2,22,23,25). The number of nitrogens with zero attached hydrogens (tertiary/aromatic N) is 1. The van der Waals surface area contributed by atoms with Crippen LogP contribution in [0.3, 0.4) is 0 Å². The van der Waals surface area contributed by atoms with Gasteiger partial charge >= 0.3 is 6.03 Å². The molecule has 25 heavy (non-hydrogen) atoms. The van der Waals surface area contributed by atoms with Crippen molar-refractivity contribution in [1.29, 1.82) is 0 Å². The van der Waals surface area contributed by atoms with Crippen LogP contribution in [0.1, 0.15) is 37.4 Å². The SMILES string of the molecule is CCN(CC)CCCNC(=O)NC(c1ccccc1)c1ccccc1. The Morgan fingerprint density at radius 2 is 1.44 bits per heavy atom. The first-order valence-electron chi connectivity index (χ1n) is 9.11. The highest BCUT2D eigenvalue weighted by Crippen LogP contribution is 2.21. The fourth-order valence-electron chi connectivity index (χ4n) is 2.88. The van der Waals surface area contributed by atoms with E-state index in [0.29, 0.717) is 6.54 Å². The monoisotopic (exact) mass is 339 g/mol.